The molecule has 1 heterocycles. The maximum absolute atomic E-state index is 13.2. The van der Waals surface area contributed by atoms with E-state index in [0.29, 0.717) is 25.1 Å². The van der Waals surface area contributed by atoms with Crippen molar-refractivity contribution in [3.05, 3.63) is 34.6 Å². The fourth-order valence-corrected chi connectivity index (χ4v) is 2.32. The molecule has 0 spiro atoms. The number of benzene rings is 1. The fraction of sp³-hybridized carbons (Fsp3) is 0.364. The summed E-state index contributed by atoms with van der Waals surface area (Å²) in [6.45, 7) is 0.946. The smallest absolute Gasteiger partial charge is 0.224 e. The van der Waals surface area contributed by atoms with Gasteiger partial charge in [-0.15, -0.1) is 0 Å². The van der Waals surface area contributed by atoms with Gasteiger partial charge in [-0.2, -0.15) is 12.6 Å². The minimum absolute atomic E-state index is 0.0420. The number of carbonyl (C=O) groups is 1. The van der Waals surface area contributed by atoms with Crippen LogP contribution in [-0.4, -0.2) is 22.6 Å². The first-order valence-electron chi connectivity index (χ1n) is 4.96. The molecule has 1 atom stereocenters. The van der Waals surface area contributed by atoms with E-state index in [1.54, 1.807) is 17.0 Å². The van der Waals surface area contributed by atoms with Crippen LogP contribution < -0.4 is 0 Å². The molecule has 0 aromatic heterocycles. The van der Waals surface area contributed by atoms with Crippen LogP contribution in [0.15, 0.2) is 18.2 Å². The molecule has 1 unspecified atom stereocenters. The molecular formula is C11H11ClFNOS. The molecule has 0 saturated carbocycles. The van der Waals surface area contributed by atoms with Crippen molar-refractivity contribution in [2.75, 3.05) is 6.54 Å². The molecular weight excluding hydrogens is 249 g/mol. The molecule has 1 aliphatic rings. The first-order chi connectivity index (χ1) is 7.58. The highest BCUT2D eigenvalue weighted by Crippen LogP contribution is 2.24. The number of amides is 1. The summed E-state index contributed by atoms with van der Waals surface area (Å²) in [5, 5.41) is 0.165. The highest BCUT2D eigenvalue weighted by Gasteiger charge is 2.27. The van der Waals surface area contributed by atoms with Gasteiger partial charge in [0.2, 0.25) is 5.91 Å². The third-order valence-electron chi connectivity index (χ3n) is 2.59. The molecule has 0 aliphatic carbocycles. The maximum Gasteiger partial charge on any atom is 0.224 e. The lowest BCUT2D eigenvalue weighted by Gasteiger charge is -2.16. The van der Waals surface area contributed by atoms with E-state index in [4.69, 9.17) is 11.6 Å². The number of halogens is 2. The summed E-state index contributed by atoms with van der Waals surface area (Å²) in [6, 6.07) is 4.62. The number of thiol groups is 1. The van der Waals surface area contributed by atoms with E-state index in [2.05, 4.69) is 12.6 Å². The first kappa shape index (κ1) is 11.7. The second-order valence-electron chi connectivity index (χ2n) is 3.85. The normalized spacial score (nSPS) is 20.6. The zero-order valence-electron chi connectivity index (χ0n) is 8.49. The fourth-order valence-electron chi connectivity index (χ4n) is 1.78. The molecule has 0 bridgehead atoms. The van der Waals surface area contributed by atoms with Gasteiger partial charge in [-0.05, 0) is 11.6 Å². The Kier molecular flexibility index (Phi) is 3.40. The van der Waals surface area contributed by atoms with Crippen LogP contribution in [0.4, 0.5) is 4.39 Å². The largest absolute Gasteiger partial charge is 0.337 e. The van der Waals surface area contributed by atoms with Gasteiger partial charge >= 0.3 is 0 Å². The Bertz CT molecular complexity index is 426. The summed E-state index contributed by atoms with van der Waals surface area (Å²) in [4.78, 5) is 13.2. The molecule has 1 saturated heterocycles. The molecule has 1 aromatic carbocycles. The predicted molar refractivity (Wildman–Crippen MR) is 64.2 cm³/mol. The van der Waals surface area contributed by atoms with E-state index in [1.165, 1.54) is 6.07 Å². The quantitative estimate of drug-likeness (QED) is 0.810. The molecule has 0 N–H and O–H groups in total. The second-order valence-corrected chi connectivity index (χ2v) is 4.95. The summed E-state index contributed by atoms with van der Waals surface area (Å²) in [7, 11) is 0. The van der Waals surface area contributed by atoms with Crippen molar-refractivity contribution in [3.8, 4) is 0 Å². The van der Waals surface area contributed by atoms with Gasteiger partial charge in [0.15, 0.2) is 0 Å². The standard InChI is InChI=1S/C11H11ClFNOS/c12-11-7(2-1-3-9(11)13)5-14-6-8(16)4-10(14)15/h1-3,8,16H,4-6H2. The Morgan fingerprint density at radius 2 is 2.31 bits per heavy atom. The van der Waals surface area contributed by atoms with E-state index in [0.717, 1.165) is 0 Å². The molecule has 1 fully saturated rings. The summed E-state index contributed by atoms with van der Waals surface area (Å²) in [6.07, 6.45) is 0.441. The minimum Gasteiger partial charge on any atom is -0.337 e. The number of likely N-dealkylation sites (tertiary alicyclic amines) is 1. The lowest BCUT2D eigenvalue weighted by atomic mass is 10.2. The number of hydrogen-bond donors (Lipinski definition) is 1. The number of carbonyl (C=O) groups excluding carboxylic acids is 1. The van der Waals surface area contributed by atoms with Crippen LogP contribution in [0.25, 0.3) is 0 Å². The van der Waals surface area contributed by atoms with Gasteiger partial charge in [-0.3, -0.25) is 4.79 Å². The SMILES string of the molecule is O=C1CC(S)CN1Cc1cccc(F)c1Cl. The molecule has 0 radical (unpaired) electrons. The van der Waals surface area contributed by atoms with Crippen LogP contribution >= 0.6 is 24.2 Å². The average Bonchev–Trinajstić information content (AvgIpc) is 2.53. The van der Waals surface area contributed by atoms with Gasteiger partial charge < -0.3 is 4.90 Å². The minimum atomic E-state index is -0.451. The van der Waals surface area contributed by atoms with Gasteiger partial charge in [0.1, 0.15) is 5.82 Å². The van der Waals surface area contributed by atoms with Gasteiger partial charge in [-0.25, -0.2) is 4.39 Å². The van der Waals surface area contributed by atoms with Crippen LogP contribution in [-0.2, 0) is 11.3 Å². The van der Waals surface area contributed by atoms with Crippen LogP contribution in [0.1, 0.15) is 12.0 Å². The van der Waals surface area contributed by atoms with Crippen LogP contribution in [0, 0.1) is 5.82 Å². The van der Waals surface area contributed by atoms with Crippen molar-refractivity contribution in [2.24, 2.45) is 0 Å². The highest BCUT2D eigenvalue weighted by atomic mass is 35.5. The van der Waals surface area contributed by atoms with Crippen LogP contribution in [0.2, 0.25) is 5.02 Å². The zero-order chi connectivity index (χ0) is 11.7. The van der Waals surface area contributed by atoms with E-state index < -0.39 is 5.82 Å². The molecule has 1 aliphatic heterocycles. The van der Waals surface area contributed by atoms with Crippen LogP contribution in [0.3, 0.4) is 0 Å². The van der Waals surface area contributed by atoms with Gasteiger partial charge in [0.05, 0.1) is 5.02 Å². The molecule has 5 heteroatoms. The van der Waals surface area contributed by atoms with E-state index in [1.807, 2.05) is 0 Å². The van der Waals surface area contributed by atoms with Crippen molar-refractivity contribution in [1.29, 1.82) is 0 Å². The number of rotatable bonds is 2. The van der Waals surface area contributed by atoms with Crippen LogP contribution in [0.5, 0.6) is 0 Å². The average molecular weight is 260 g/mol. The lowest BCUT2D eigenvalue weighted by molar-refractivity contribution is -0.128. The summed E-state index contributed by atoms with van der Waals surface area (Å²) < 4.78 is 13.2. The monoisotopic (exact) mass is 259 g/mol. The Morgan fingerprint density at radius 3 is 2.94 bits per heavy atom. The Morgan fingerprint density at radius 1 is 1.56 bits per heavy atom. The molecule has 2 nitrogen and oxygen atoms in total. The van der Waals surface area contributed by atoms with Crippen molar-refractivity contribution >= 4 is 30.1 Å². The maximum atomic E-state index is 13.2. The van der Waals surface area contributed by atoms with E-state index in [-0.39, 0.29) is 16.2 Å². The van der Waals surface area contributed by atoms with Crippen molar-refractivity contribution < 1.29 is 9.18 Å². The molecule has 2 rings (SSSR count). The highest BCUT2D eigenvalue weighted by molar-refractivity contribution is 7.81. The van der Waals surface area contributed by atoms with Gasteiger partial charge in [0, 0.05) is 24.8 Å². The Labute approximate surface area is 104 Å². The predicted octanol–water partition coefficient (Wildman–Crippen LogP) is 2.51. The van der Waals surface area contributed by atoms with E-state index in [9.17, 15) is 9.18 Å². The Hall–Kier alpha value is -0.740. The molecule has 16 heavy (non-hydrogen) atoms. The van der Waals surface area contributed by atoms with Crippen molar-refractivity contribution in [2.45, 2.75) is 18.2 Å². The summed E-state index contributed by atoms with van der Waals surface area (Å²) in [5.41, 5.74) is 0.637. The van der Waals surface area contributed by atoms with Gasteiger partial charge in [0.25, 0.3) is 0 Å². The number of nitrogens with zero attached hydrogens (tertiary/aromatic N) is 1. The van der Waals surface area contributed by atoms with E-state index >= 15 is 0 Å². The molecule has 1 aromatic rings. The third kappa shape index (κ3) is 2.33. The molecule has 1 amide bonds. The third-order valence-corrected chi connectivity index (χ3v) is 3.36. The van der Waals surface area contributed by atoms with Crippen molar-refractivity contribution in [1.82, 2.24) is 4.90 Å². The summed E-state index contributed by atoms with van der Waals surface area (Å²) in [5.74, 6) is -0.409. The zero-order valence-corrected chi connectivity index (χ0v) is 10.1. The first-order valence-corrected chi connectivity index (χ1v) is 5.86. The molecule has 86 valence electrons. The second kappa shape index (κ2) is 4.63. The number of hydrogen-bond acceptors (Lipinski definition) is 2. The summed E-state index contributed by atoms with van der Waals surface area (Å²) >= 11 is 10.1. The van der Waals surface area contributed by atoms with Gasteiger partial charge in [-0.1, -0.05) is 23.7 Å². The topological polar surface area (TPSA) is 20.3 Å². The van der Waals surface area contributed by atoms with Crippen molar-refractivity contribution in [3.63, 3.8) is 0 Å². The Balaban J connectivity index is 2.15. The lowest BCUT2D eigenvalue weighted by Crippen LogP contribution is -2.24.